The van der Waals surface area contributed by atoms with Gasteiger partial charge in [-0.15, -0.1) is 11.3 Å². The van der Waals surface area contributed by atoms with E-state index in [1.807, 2.05) is 42.6 Å². The Hall–Kier alpha value is -1.45. The molecule has 1 aromatic carbocycles. The van der Waals surface area contributed by atoms with E-state index in [4.69, 9.17) is 11.6 Å². The predicted octanol–water partition coefficient (Wildman–Crippen LogP) is 4.32. The van der Waals surface area contributed by atoms with Crippen LogP contribution in [0, 0.1) is 6.92 Å². The summed E-state index contributed by atoms with van der Waals surface area (Å²) >= 11 is 7.82. The molecule has 0 saturated carbocycles. The fourth-order valence-electron chi connectivity index (χ4n) is 1.72. The number of nitrogens with zero attached hydrogens (tertiary/aromatic N) is 2. The fourth-order valence-corrected chi connectivity index (χ4v) is 2.61. The summed E-state index contributed by atoms with van der Waals surface area (Å²) in [6, 6.07) is 10.0. The minimum Gasteiger partial charge on any atom is -0.227 e. The Kier molecular flexibility index (Phi) is 2.57. The number of aromatic nitrogens is 2. The van der Waals surface area contributed by atoms with E-state index in [0.29, 0.717) is 11.0 Å². The number of rotatable bonds is 1. The van der Waals surface area contributed by atoms with Crippen LogP contribution in [0.15, 0.2) is 35.7 Å². The van der Waals surface area contributed by atoms with E-state index < -0.39 is 0 Å². The molecular weight excluding hydrogens is 252 g/mol. The van der Waals surface area contributed by atoms with Gasteiger partial charge in [-0.3, -0.25) is 0 Å². The summed E-state index contributed by atoms with van der Waals surface area (Å²) in [5.74, 6) is 0.696. The van der Waals surface area contributed by atoms with Crippen molar-refractivity contribution in [2.75, 3.05) is 0 Å². The lowest BCUT2D eigenvalue weighted by atomic mass is 10.2. The van der Waals surface area contributed by atoms with Crippen molar-refractivity contribution in [2.24, 2.45) is 0 Å². The largest absolute Gasteiger partial charge is 0.227 e. The van der Waals surface area contributed by atoms with Crippen molar-refractivity contribution >= 4 is 33.8 Å². The maximum atomic E-state index is 6.20. The molecule has 2 aromatic heterocycles. The van der Waals surface area contributed by atoms with E-state index in [1.54, 1.807) is 11.3 Å². The summed E-state index contributed by atoms with van der Waals surface area (Å²) in [5, 5.41) is 3.43. The van der Waals surface area contributed by atoms with Crippen molar-refractivity contribution in [1.82, 2.24) is 9.97 Å². The Morgan fingerprint density at radius 1 is 1.18 bits per heavy atom. The quantitative estimate of drug-likeness (QED) is 0.609. The predicted molar refractivity (Wildman–Crippen MR) is 72.6 cm³/mol. The van der Waals surface area contributed by atoms with E-state index >= 15 is 0 Å². The van der Waals surface area contributed by atoms with Gasteiger partial charge >= 0.3 is 0 Å². The van der Waals surface area contributed by atoms with Gasteiger partial charge in [-0.25, -0.2) is 9.97 Å². The van der Waals surface area contributed by atoms with Gasteiger partial charge in [0.1, 0.15) is 5.15 Å². The molecule has 0 fully saturated rings. The molecule has 84 valence electrons. The van der Waals surface area contributed by atoms with Crippen LogP contribution in [0.1, 0.15) is 5.56 Å². The molecule has 0 atom stereocenters. The third-order valence-electron chi connectivity index (χ3n) is 2.55. The molecule has 0 aliphatic carbocycles. The molecule has 0 aliphatic heterocycles. The summed E-state index contributed by atoms with van der Waals surface area (Å²) in [5.41, 5.74) is 2.05. The molecule has 0 bridgehead atoms. The maximum Gasteiger partial charge on any atom is 0.171 e. The van der Waals surface area contributed by atoms with Crippen LogP contribution in [0.3, 0.4) is 0 Å². The molecule has 0 spiro atoms. The Morgan fingerprint density at radius 2 is 2.06 bits per heavy atom. The molecule has 0 radical (unpaired) electrons. The van der Waals surface area contributed by atoms with Crippen LogP contribution >= 0.6 is 22.9 Å². The molecule has 0 unspecified atom stereocenters. The van der Waals surface area contributed by atoms with Gasteiger partial charge in [0.2, 0.25) is 0 Å². The van der Waals surface area contributed by atoms with Crippen LogP contribution in [-0.4, -0.2) is 9.97 Å². The van der Waals surface area contributed by atoms with Gasteiger partial charge in [-0.1, -0.05) is 29.3 Å². The van der Waals surface area contributed by atoms with E-state index in [9.17, 15) is 0 Å². The van der Waals surface area contributed by atoms with Crippen LogP contribution < -0.4 is 0 Å². The van der Waals surface area contributed by atoms with E-state index in [-0.39, 0.29) is 0 Å². The van der Waals surface area contributed by atoms with Crippen LogP contribution in [-0.2, 0) is 0 Å². The zero-order chi connectivity index (χ0) is 11.8. The molecule has 3 aromatic rings. The van der Waals surface area contributed by atoms with Crippen LogP contribution in [0.5, 0.6) is 0 Å². The highest BCUT2D eigenvalue weighted by molar-refractivity contribution is 7.13. The summed E-state index contributed by atoms with van der Waals surface area (Å²) in [6.07, 6.45) is 0. The highest BCUT2D eigenvalue weighted by Crippen LogP contribution is 2.27. The molecule has 0 saturated heterocycles. The van der Waals surface area contributed by atoms with Crippen molar-refractivity contribution in [1.29, 1.82) is 0 Å². The van der Waals surface area contributed by atoms with Crippen LogP contribution in [0.2, 0.25) is 5.15 Å². The Bertz CT molecular complexity index is 677. The number of hydrogen-bond acceptors (Lipinski definition) is 3. The molecule has 0 aliphatic rings. The SMILES string of the molecule is Cc1ccc2nc(-c3cccs3)nc(Cl)c2c1. The molecule has 17 heavy (non-hydrogen) atoms. The van der Waals surface area contributed by atoms with Gasteiger partial charge in [0.05, 0.1) is 10.4 Å². The van der Waals surface area contributed by atoms with Crippen molar-refractivity contribution in [3.8, 4) is 10.7 Å². The average molecular weight is 261 g/mol. The second-order valence-corrected chi connectivity index (χ2v) is 5.14. The van der Waals surface area contributed by atoms with Crippen LogP contribution in [0.25, 0.3) is 21.6 Å². The molecule has 3 rings (SSSR count). The second kappa shape index (κ2) is 4.09. The van der Waals surface area contributed by atoms with E-state index in [2.05, 4.69) is 9.97 Å². The molecule has 2 heterocycles. The zero-order valence-electron chi connectivity index (χ0n) is 9.14. The van der Waals surface area contributed by atoms with Gasteiger partial charge in [0.25, 0.3) is 0 Å². The van der Waals surface area contributed by atoms with Gasteiger partial charge < -0.3 is 0 Å². The van der Waals surface area contributed by atoms with Crippen molar-refractivity contribution in [3.63, 3.8) is 0 Å². The third-order valence-corrected chi connectivity index (χ3v) is 3.70. The molecular formula is C13H9ClN2S. The summed E-state index contributed by atoms with van der Waals surface area (Å²) < 4.78 is 0. The summed E-state index contributed by atoms with van der Waals surface area (Å²) in [6.45, 7) is 2.03. The number of fused-ring (bicyclic) bond motifs is 1. The minimum atomic E-state index is 0.516. The normalized spacial score (nSPS) is 10.9. The first-order chi connectivity index (χ1) is 8.24. The van der Waals surface area contributed by atoms with Gasteiger partial charge in [0.15, 0.2) is 5.82 Å². The first-order valence-corrected chi connectivity index (χ1v) is 6.47. The second-order valence-electron chi connectivity index (χ2n) is 3.84. The van der Waals surface area contributed by atoms with Gasteiger partial charge in [-0.2, -0.15) is 0 Å². The number of benzene rings is 1. The maximum absolute atomic E-state index is 6.20. The van der Waals surface area contributed by atoms with Crippen molar-refractivity contribution < 1.29 is 0 Å². The summed E-state index contributed by atoms with van der Waals surface area (Å²) in [7, 11) is 0. The Morgan fingerprint density at radius 3 is 2.82 bits per heavy atom. The number of hydrogen-bond donors (Lipinski definition) is 0. The Labute approximate surface area is 108 Å². The zero-order valence-corrected chi connectivity index (χ0v) is 10.7. The lowest BCUT2D eigenvalue weighted by Gasteiger charge is -2.03. The standard InChI is InChI=1S/C13H9ClN2S/c1-8-4-5-10-9(7-8)12(14)16-13(15-10)11-3-2-6-17-11/h2-7H,1H3. The van der Waals surface area contributed by atoms with Gasteiger partial charge in [0, 0.05) is 5.39 Å². The lowest BCUT2D eigenvalue weighted by Crippen LogP contribution is -1.90. The lowest BCUT2D eigenvalue weighted by molar-refractivity contribution is 1.24. The number of halogens is 1. The number of thiophene rings is 1. The first-order valence-electron chi connectivity index (χ1n) is 5.22. The first kappa shape index (κ1) is 10.7. The highest BCUT2D eigenvalue weighted by atomic mass is 35.5. The monoisotopic (exact) mass is 260 g/mol. The Balaban J connectivity index is 2.28. The van der Waals surface area contributed by atoms with E-state index in [0.717, 1.165) is 21.3 Å². The summed E-state index contributed by atoms with van der Waals surface area (Å²) in [4.78, 5) is 9.92. The van der Waals surface area contributed by atoms with E-state index in [1.165, 1.54) is 0 Å². The fraction of sp³-hybridized carbons (Fsp3) is 0.0769. The van der Waals surface area contributed by atoms with Crippen molar-refractivity contribution in [3.05, 3.63) is 46.4 Å². The third kappa shape index (κ3) is 1.92. The van der Waals surface area contributed by atoms with Gasteiger partial charge in [-0.05, 0) is 30.5 Å². The average Bonchev–Trinajstić information content (AvgIpc) is 2.83. The highest BCUT2D eigenvalue weighted by Gasteiger charge is 2.08. The molecule has 0 amide bonds. The minimum absolute atomic E-state index is 0.516. The number of aryl methyl sites for hydroxylation is 1. The molecule has 0 N–H and O–H groups in total. The molecule has 2 nitrogen and oxygen atoms in total. The van der Waals surface area contributed by atoms with Crippen molar-refractivity contribution in [2.45, 2.75) is 6.92 Å². The molecule has 4 heteroatoms. The topological polar surface area (TPSA) is 25.8 Å². The smallest absolute Gasteiger partial charge is 0.171 e. The van der Waals surface area contributed by atoms with Crippen LogP contribution in [0.4, 0.5) is 0 Å².